The number of rotatable bonds is 2. The molecule has 3 aromatic rings. The zero-order valence-electron chi connectivity index (χ0n) is 13.0. The van der Waals surface area contributed by atoms with Gasteiger partial charge in [-0.2, -0.15) is 0 Å². The van der Waals surface area contributed by atoms with E-state index in [1.54, 1.807) is 0 Å². The molecule has 1 aliphatic rings. The average Bonchev–Trinajstić information content (AvgIpc) is 3.25. The van der Waals surface area contributed by atoms with E-state index in [0.717, 1.165) is 33.8 Å². The molecule has 0 unspecified atom stereocenters. The Morgan fingerprint density at radius 1 is 1.12 bits per heavy atom. The van der Waals surface area contributed by atoms with Gasteiger partial charge in [-0.3, -0.25) is 4.79 Å². The van der Waals surface area contributed by atoms with Crippen molar-refractivity contribution in [3.8, 4) is 0 Å². The van der Waals surface area contributed by atoms with Crippen LogP contribution in [0.5, 0.6) is 0 Å². The van der Waals surface area contributed by atoms with Crippen LogP contribution in [0.1, 0.15) is 34.2 Å². The number of carbonyl (C=O) groups excluding carboxylic acids is 1. The SMILES string of the molecule is O=C(c1ccc(F)c(F)c1F)N1CCC[C@H]1c1nc2ccccc2s1. The molecule has 0 saturated carbocycles. The Bertz CT molecular complexity index is 939. The third-order valence-corrected chi connectivity index (χ3v) is 5.51. The molecule has 7 heteroatoms. The Kier molecular flexibility index (Phi) is 3.95. The second-order valence-corrected chi connectivity index (χ2v) is 6.96. The van der Waals surface area contributed by atoms with Gasteiger partial charge in [-0.05, 0) is 37.1 Å². The van der Waals surface area contributed by atoms with Gasteiger partial charge in [0.15, 0.2) is 17.5 Å². The van der Waals surface area contributed by atoms with E-state index in [-0.39, 0.29) is 6.04 Å². The van der Waals surface area contributed by atoms with Crippen LogP contribution in [0.4, 0.5) is 13.2 Å². The molecule has 25 heavy (non-hydrogen) atoms. The molecular formula is C18H13F3N2OS. The van der Waals surface area contributed by atoms with Crippen LogP contribution < -0.4 is 0 Å². The Labute approximate surface area is 145 Å². The van der Waals surface area contributed by atoms with Crippen molar-refractivity contribution in [2.45, 2.75) is 18.9 Å². The van der Waals surface area contributed by atoms with E-state index in [9.17, 15) is 18.0 Å². The van der Waals surface area contributed by atoms with Gasteiger partial charge < -0.3 is 4.90 Å². The number of hydrogen-bond donors (Lipinski definition) is 0. The van der Waals surface area contributed by atoms with Gasteiger partial charge in [0.1, 0.15) is 5.01 Å². The lowest BCUT2D eigenvalue weighted by Crippen LogP contribution is -2.31. The molecule has 1 aliphatic heterocycles. The van der Waals surface area contributed by atoms with Crippen molar-refractivity contribution in [3.05, 3.63) is 64.4 Å². The summed E-state index contributed by atoms with van der Waals surface area (Å²) in [6, 6.07) is 9.13. The topological polar surface area (TPSA) is 33.2 Å². The highest BCUT2D eigenvalue weighted by molar-refractivity contribution is 7.18. The van der Waals surface area contributed by atoms with E-state index in [1.807, 2.05) is 24.3 Å². The van der Waals surface area contributed by atoms with Gasteiger partial charge in [0, 0.05) is 6.54 Å². The quantitative estimate of drug-likeness (QED) is 0.620. The fraction of sp³-hybridized carbons (Fsp3) is 0.222. The Morgan fingerprint density at radius 3 is 2.72 bits per heavy atom. The summed E-state index contributed by atoms with van der Waals surface area (Å²) in [5.41, 5.74) is 0.396. The first kappa shape index (κ1) is 16.1. The number of halogens is 3. The smallest absolute Gasteiger partial charge is 0.257 e. The van der Waals surface area contributed by atoms with E-state index in [2.05, 4.69) is 4.98 Å². The van der Waals surface area contributed by atoms with Crippen LogP contribution in [-0.2, 0) is 0 Å². The van der Waals surface area contributed by atoms with Gasteiger partial charge in [0.2, 0.25) is 0 Å². The molecular weight excluding hydrogens is 349 g/mol. The number of amides is 1. The minimum absolute atomic E-state index is 0.280. The van der Waals surface area contributed by atoms with Gasteiger partial charge in [0.05, 0.1) is 21.8 Å². The van der Waals surface area contributed by atoms with E-state index in [4.69, 9.17) is 0 Å². The van der Waals surface area contributed by atoms with Gasteiger partial charge in [-0.15, -0.1) is 11.3 Å². The summed E-state index contributed by atoms with van der Waals surface area (Å²) in [6.45, 7) is 0.428. The van der Waals surface area contributed by atoms with Crippen LogP contribution in [0.15, 0.2) is 36.4 Å². The number of carbonyl (C=O) groups is 1. The highest BCUT2D eigenvalue weighted by Crippen LogP contribution is 2.37. The first-order valence-corrected chi connectivity index (χ1v) is 8.68. The molecule has 2 aromatic carbocycles. The summed E-state index contributed by atoms with van der Waals surface area (Å²) in [6.07, 6.45) is 1.45. The predicted molar refractivity (Wildman–Crippen MR) is 88.9 cm³/mol. The molecule has 2 heterocycles. The van der Waals surface area contributed by atoms with Crippen LogP contribution in [0, 0.1) is 17.5 Å². The fourth-order valence-electron chi connectivity index (χ4n) is 3.14. The molecule has 0 N–H and O–H groups in total. The van der Waals surface area contributed by atoms with Crippen molar-refractivity contribution < 1.29 is 18.0 Å². The molecule has 3 nitrogen and oxygen atoms in total. The van der Waals surface area contributed by atoms with E-state index in [1.165, 1.54) is 16.2 Å². The lowest BCUT2D eigenvalue weighted by molar-refractivity contribution is 0.0729. The van der Waals surface area contributed by atoms with E-state index < -0.39 is 28.9 Å². The molecule has 1 amide bonds. The monoisotopic (exact) mass is 362 g/mol. The minimum atomic E-state index is -1.62. The Morgan fingerprint density at radius 2 is 1.92 bits per heavy atom. The summed E-state index contributed by atoms with van der Waals surface area (Å²) < 4.78 is 41.6. The van der Waals surface area contributed by atoms with Crippen molar-refractivity contribution >= 4 is 27.5 Å². The first-order valence-electron chi connectivity index (χ1n) is 7.86. The van der Waals surface area contributed by atoms with Gasteiger partial charge in [0.25, 0.3) is 5.91 Å². The zero-order chi connectivity index (χ0) is 17.6. The average molecular weight is 362 g/mol. The zero-order valence-corrected chi connectivity index (χ0v) is 13.8. The Balaban J connectivity index is 1.69. The molecule has 0 radical (unpaired) electrons. The third-order valence-electron chi connectivity index (χ3n) is 4.37. The second kappa shape index (κ2) is 6.15. The number of fused-ring (bicyclic) bond motifs is 1. The van der Waals surface area contributed by atoms with Crippen molar-refractivity contribution in [2.75, 3.05) is 6.54 Å². The molecule has 0 spiro atoms. The molecule has 4 rings (SSSR count). The van der Waals surface area contributed by atoms with E-state index in [0.29, 0.717) is 13.0 Å². The van der Waals surface area contributed by atoms with Crippen LogP contribution in [-0.4, -0.2) is 22.3 Å². The third kappa shape index (κ3) is 2.68. The molecule has 1 aromatic heterocycles. The summed E-state index contributed by atoms with van der Waals surface area (Å²) >= 11 is 1.49. The van der Waals surface area contributed by atoms with Crippen molar-refractivity contribution in [1.29, 1.82) is 0 Å². The predicted octanol–water partition coefficient (Wildman–Crippen LogP) is 4.69. The number of nitrogens with zero attached hydrogens (tertiary/aromatic N) is 2. The highest BCUT2D eigenvalue weighted by atomic mass is 32.1. The molecule has 0 bridgehead atoms. The summed E-state index contributed by atoms with van der Waals surface area (Å²) in [4.78, 5) is 18.8. The maximum absolute atomic E-state index is 14.0. The Hall–Kier alpha value is -2.41. The largest absolute Gasteiger partial charge is 0.329 e. The lowest BCUT2D eigenvalue weighted by Gasteiger charge is -2.23. The second-order valence-electron chi connectivity index (χ2n) is 5.90. The number of aromatic nitrogens is 1. The standard InChI is InChI=1S/C18H13F3N2OS/c19-11-8-7-10(15(20)16(11)21)18(24)23-9-3-5-13(23)17-22-12-4-1-2-6-14(12)25-17/h1-2,4,6-8,13H,3,5,9H2/t13-/m0/s1. The highest BCUT2D eigenvalue weighted by Gasteiger charge is 2.34. The molecule has 1 atom stereocenters. The van der Waals surface area contributed by atoms with Crippen molar-refractivity contribution in [2.24, 2.45) is 0 Å². The van der Waals surface area contributed by atoms with Crippen molar-refractivity contribution in [3.63, 3.8) is 0 Å². The molecule has 0 aliphatic carbocycles. The summed E-state index contributed by atoms with van der Waals surface area (Å²) in [7, 11) is 0. The summed E-state index contributed by atoms with van der Waals surface area (Å²) in [5, 5.41) is 0.773. The normalized spacial score (nSPS) is 17.4. The van der Waals surface area contributed by atoms with Crippen LogP contribution in [0.3, 0.4) is 0 Å². The maximum Gasteiger partial charge on any atom is 0.257 e. The number of thiazole rings is 1. The summed E-state index contributed by atoms with van der Waals surface area (Å²) in [5.74, 6) is -5.02. The van der Waals surface area contributed by atoms with Crippen molar-refractivity contribution in [1.82, 2.24) is 9.88 Å². The molecule has 128 valence electrons. The first-order chi connectivity index (χ1) is 12.1. The van der Waals surface area contributed by atoms with Gasteiger partial charge in [-0.1, -0.05) is 12.1 Å². The molecule has 1 fully saturated rings. The number of hydrogen-bond acceptors (Lipinski definition) is 3. The van der Waals surface area contributed by atoms with Crippen LogP contribution >= 0.6 is 11.3 Å². The fourth-order valence-corrected chi connectivity index (χ4v) is 4.26. The lowest BCUT2D eigenvalue weighted by atomic mass is 10.1. The number of likely N-dealkylation sites (tertiary alicyclic amines) is 1. The minimum Gasteiger partial charge on any atom is -0.329 e. The maximum atomic E-state index is 14.0. The molecule has 1 saturated heterocycles. The van der Waals surface area contributed by atoms with Gasteiger partial charge >= 0.3 is 0 Å². The van der Waals surface area contributed by atoms with Gasteiger partial charge in [-0.25, -0.2) is 18.2 Å². The van der Waals surface area contributed by atoms with Crippen LogP contribution in [0.2, 0.25) is 0 Å². The van der Waals surface area contributed by atoms with E-state index >= 15 is 0 Å². The number of benzene rings is 2. The number of para-hydroxylation sites is 1. The van der Waals surface area contributed by atoms with Crippen LogP contribution in [0.25, 0.3) is 10.2 Å².